The molecule has 1 heterocycles. The first-order valence-corrected chi connectivity index (χ1v) is 9.59. The first-order chi connectivity index (χ1) is 12.7. The minimum atomic E-state index is -0.511. The number of hydrogen-bond acceptors (Lipinski definition) is 5. The SMILES string of the molecule is CCCCC(CNC(=O)OC(C)(C)C)NC(=NCc1nncn1C)NCC. The Morgan fingerprint density at radius 2 is 2.07 bits per heavy atom. The van der Waals surface area contributed by atoms with E-state index in [4.69, 9.17) is 4.74 Å². The predicted molar refractivity (Wildman–Crippen MR) is 107 cm³/mol. The molecule has 0 aliphatic rings. The van der Waals surface area contributed by atoms with Crippen molar-refractivity contribution >= 4 is 12.1 Å². The van der Waals surface area contributed by atoms with Crippen molar-refractivity contribution in [3.8, 4) is 0 Å². The lowest BCUT2D eigenvalue weighted by molar-refractivity contribution is 0.0523. The van der Waals surface area contributed by atoms with Crippen molar-refractivity contribution in [1.82, 2.24) is 30.7 Å². The summed E-state index contributed by atoms with van der Waals surface area (Å²) in [6, 6.07) is 0.0507. The van der Waals surface area contributed by atoms with E-state index in [0.717, 1.165) is 31.6 Å². The first-order valence-electron chi connectivity index (χ1n) is 9.59. The van der Waals surface area contributed by atoms with E-state index >= 15 is 0 Å². The molecule has 0 aromatic carbocycles. The lowest BCUT2D eigenvalue weighted by atomic mass is 10.1. The van der Waals surface area contributed by atoms with E-state index in [1.54, 1.807) is 6.33 Å². The molecule has 3 N–H and O–H groups in total. The van der Waals surface area contributed by atoms with Gasteiger partial charge in [-0.15, -0.1) is 10.2 Å². The third-order valence-corrected chi connectivity index (χ3v) is 3.67. The second kappa shape index (κ2) is 11.4. The van der Waals surface area contributed by atoms with E-state index in [9.17, 15) is 4.79 Å². The number of unbranched alkanes of at least 4 members (excludes halogenated alkanes) is 1. The van der Waals surface area contributed by atoms with Gasteiger partial charge in [-0.05, 0) is 34.1 Å². The molecule has 0 aliphatic heterocycles. The number of aryl methyl sites for hydroxylation is 1. The van der Waals surface area contributed by atoms with Crippen molar-refractivity contribution in [2.24, 2.45) is 12.0 Å². The smallest absolute Gasteiger partial charge is 0.407 e. The number of nitrogens with one attached hydrogen (secondary N) is 3. The van der Waals surface area contributed by atoms with E-state index in [-0.39, 0.29) is 6.04 Å². The van der Waals surface area contributed by atoms with Crippen LogP contribution in [-0.4, -0.2) is 51.5 Å². The summed E-state index contributed by atoms with van der Waals surface area (Å²) in [5.74, 6) is 1.47. The molecule has 0 saturated heterocycles. The highest BCUT2D eigenvalue weighted by Crippen LogP contribution is 2.07. The van der Waals surface area contributed by atoms with Crippen molar-refractivity contribution in [3.63, 3.8) is 0 Å². The summed E-state index contributed by atoms with van der Waals surface area (Å²) in [5, 5.41) is 17.4. The van der Waals surface area contributed by atoms with Crippen LogP contribution in [0, 0.1) is 0 Å². The van der Waals surface area contributed by atoms with Crippen LogP contribution in [0.15, 0.2) is 11.3 Å². The second-order valence-corrected chi connectivity index (χ2v) is 7.42. The Bertz CT molecular complexity index is 593. The van der Waals surface area contributed by atoms with Gasteiger partial charge in [0.25, 0.3) is 0 Å². The van der Waals surface area contributed by atoms with Crippen molar-refractivity contribution in [3.05, 3.63) is 12.2 Å². The number of guanidine groups is 1. The molecule has 1 rings (SSSR count). The zero-order chi connectivity index (χ0) is 20.3. The Labute approximate surface area is 162 Å². The standard InChI is InChI=1S/C18H35N7O2/c1-7-9-10-14(11-21-17(26)27-18(3,4)5)23-16(19-8-2)20-12-15-24-22-13-25(15)6/h13-14H,7-12H2,1-6H3,(H,21,26)(H2,19,20,23). The van der Waals surface area contributed by atoms with Gasteiger partial charge in [0.15, 0.2) is 11.8 Å². The lowest BCUT2D eigenvalue weighted by Crippen LogP contribution is -2.49. The van der Waals surface area contributed by atoms with Gasteiger partial charge < -0.3 is 25.3 Å². The number of nitrogens with zero attached hydrogens (tertiary/aromatic N) is 4. The van der Waals surface area contributed by atoms with Gasteiger partial charge in [-0.1, -0.05) is 19.8 Å². The monoisotopic (exact) mass is 381 g/mol. The Hall–Kier alpha value is -2.32. The van der Waals surface area contributed by atoms with Crippen molar-refractivity contribution in [2.45, 2.75) is 72.1 Å². The molecular weight excluding hydrogens is 346 g/mol. The van der Waals surface area contributed by atoms with E-state index in [1.807, 2.05) is 39.3 Å². The van der Waals surface area contributed by atoms with Gasteiger partial charge in [-0.3, -0.25) is 0 Å². The van der Waals surface area contributed by atoms with Crippen LogP contribution >= 0.6 is 0 Å². The molecule has 154 valence electrons. The van der Waals surface area contributed by atoms with Gasteiger partial charge in [0.05, 0.1) is 0 Å². The number of carbonyl (C=O) groups excluding carboxylic acids is 1. The lowest BCUT2D eigenvalue weighted by Gasteiger charge is -2.24. The molecule has 9 nitrogen and oxygen atoms in total. The molecular formula is C18H35N7O2. The van der Waals surface area contributed by atoms with Crippen LogP contribution in [0.25, 0.3) is 0 Å². The molecule has 0 spiro atoms. The van der Waals surface area contributed by atoms with Crippen molar-refractivity contribution in [2.75, 3.05) is 13.1 Å². The van der Waals surface area contributed by atoms with Crippen LogP contribution in [0.2, 0.25) is 0 Å². The average Bonchev–Trinajstić information content (AvgIpc) is 2.98. The summed E-state index contributed by atoms with van der Waals surface area (Å²) in [7, 11) is 1.89. The number of alkyl carbamates (subject to hydrolysis) is 1. The fourth-order valence-corrected chi connectivity index (χ4v) is 2.31. The average molecular weight is 382 g/mol. The maximum atomic E-state index is 11.9. The number of ether oxygens (including phenoxy) is 1. The van der Waals surface area contributed by atoms with Crippen LogP contribution in [0.5, 0.6) is 0 Å². The molecule has 0 saturated carbocycles. The van der Waals surface area contributed by atoms with Crippen LogP contribution in [-0.2, 0) is 18.3 Å². The molecule has 0 aliphatic carbocycles. The Morgan fingerprint density at radius 1 is 1.33 bits per heavy atom. The Morgan fingerprint density at radius 3 is 2.63 bits per heavy atom. The summed E-state index contributed by atoms with van der Waals surface area (Å²) >= 11 is 0. The zero-order valence-electron chi connectivity index (χ0n) is 17.5. The maximum absolute atomic E-state index is 11.9. The fraction of sp³-hybridized carbons (Fsp3) is 0.778. The van der Waals surface area contributed by atoms with E-state index in [0.29, 0.717) is 19.0 Å². The zero-order valence-corrected chi connectivity index (χ0v) is 17.5. The third kappa shape index (κ3) is 9.81. The first kappa shape index (κ1) is 22.7. The Kier molecular flexibility index (Phi) is 9.60. The Balaban J connectivity index is 2.68. The van der Waals surface area contributed by atoms with Crippen molar-refractivity contribution < 1.29 is 9.53 Å². The van der Waals surface area contributed by atoms with Gasteiger partial charge in [0.2, 0.25) is 0 Å². The number of rotatable bonds is 9. The van der Waals surface area contributed by atoms with E-state index < -0.39 is 11.7 Å². The van der Waals surface area contributed by atoms with Crippen LogP contribution < -0.4 is 16.0 Å². The van der Waals surface area contributed by atoms with E-state index in [2.05, 4.69) is 38.1 Å². The minimum Gasteiger partial charge on any atom is -0.444 e. The van der Waals surface area contributed by atoms with Crippen LogP contribution in [0.1, 0.15) is 59.7 Å². The van der Waals surface area contributed by atoms with Crippen LogP contribution in [0.3, 0.4) is 0 Å². The number of aliphatic imine (C=N–C) groups is 1. The molecule has 0 radical (unpaired) electrons. The van der Waals surface area contributed by atoms with Gasteiger partial charge in [-0.2, -0.15) is 0 Å². The molecule has 0 fully saturated rings. The van der Waals surface area contributed by atoms with Gasteiger partial charge >= 0.3 is 6.09 Å². The largest absolute Gasteiger partial charge is 0.444 e. The highest BCUT2D eigenvalue weighted by atomic mass is 16.6. The fourth-order valence-electron chi connectivity index (χ4n) is 2.31. The second-order valence-electron chi connectivity index (χ2n) is 7.42. The molecule has 1 amide bonds. The molecule has 9 heteroatoms. The number of hydrogen-bond donors (Lipinski definition) is 3. The molecule has 1 atom stereocenters. The van der Waals surface area contributed by atoms with E-state index in [1.165, 1.54) is 0 Å². The van der Waals surface area contributed by atoms with Gasteiger partial charge in [0, 0.05) is 26.2 Å². The third-order valence-electron chi connectivity index (χ3n) is 3.67. The molecule has 1 unspecified atom stereocenters. The predicted octanol–water partition coefficient (Wildman–Crippen LogP) is 1.95. The highest BCUT2D eigenvalue weighted by Gasteiger charge is 2.18. The topological polar surface area (TPSA) is 105 Å². The number of carbonyl (C=O) groups is 1. The molecule has 1 aromatic heterocycles. The summed E-state index contributed by atoms with van der Waals surface area (Å²) in [6.07, 6.45) is 4.29. The molecule has 0 bridgehead atoms. The maximum Gasteiger partial charge on any atom is 0.407 e. The van der Waals surface area contributed by atoms with Crippen molar-refractivity contribution in [1.29, 1.82) is 0 Å². The summed E-state index contributed by atoms with van der Waals surface area (Å²) in [5.41, 5.74) is -0.511. The summed E-state index contributed by atoms with van der Waals surface area (Å²) in [6.45, 7) is 11.3. The number of aromatic nitrogens is 3. The molecule has 1 aromatic rings. The minimum absolute atomic E-state index is 0.0507. The summed E-state index contributed by atoms with van der Waals surface area (Å²) in [4.78, 5) is 16.5. The van der Waals surface area contributed by atoms with Crippen LogP contribution in [0.4, 0.5) is 4.79 Å². The molecule has 27 heavy (non-hydrogen) atoms. The summed E-state index contributed by atoms with van der Waals surface area (Å²) < 4.78 is 7.15. The normalized spacial score (nSPS) is 13.2. The number of amides is 1. The highest BCUT2D eigenvalue weighted by molar-refractivity contribution is 5.80. The quantitative estimate of drug-likeness (QED) is 0.446. The van der Waals surface area contributed by atoms with Gasteiger partial charge in [0.1, 0.15) is 18.5 Å². The van der Waals surface area contributed by atoms with Gasteiger partial charge in [-0.25, -0.2) is 9.79 Å².